The number of carbonyl (C=O) groups excluding carboxylic acids is 1. The second kappa shape index (κ2) is 6.97. The van der Waals surface area contributed by atoms with Crippen LogP contribution in [0.4, 0.5) is 4.79 Å². The first-order valence-corrected chi connectivity index (χ1v) is 7.01. The van der Waals surface area contributed by atoms with Crippen molar-refractivity contribution < 1.29 is 19.4 Å². The van der Waals surface area contributed by atoms with E-state index in [1.54, 1.807) is 7.05 Å². The summed E-state index contributed by atoms with van der Waals surface area (Å²) in [6, 6.07) is 5.84. The van der Waals surface area contributed by atoms with Crippen molar-refractivity contribution in [3.63, 3.8) is 0 Å². The molecule has 114 valence electrons. The van der Waals surface area contributed by atoms with Gasteiger partial charge in [-0.2, -0.15) is 0 Å². The maximum Gasteiger partial charge on any atom is 0.317 e. The second-order valence-electron chi connectivity index (χ2n) is 5.09. The summed E-state index contributed by atoms with van der Waals surface area (Å²) in [5, 5.41) is 11.4. The first-order valence-electron chi connectivity index (χ1n) is 7.01. The van der Waals surface area contributed by atoms with E-state index in [-0.39, 0.29) is 19.0 Å². The molecule has 0 bridgehead atoms. The maximum absolute atomic E-state index is 11.7. The Bertz CT molecular complexity index is 530. The molecular formula is C15H20N2O4. The van der Waals surface area contributed by atoms with Gasteiger partial charge in [0.05, 0.1) is 13.0 Å². The number of carboxylic acid groups (broad SMARTS) is 1. The number of fused-ring (bicyclic) bond motifs is 1. The smallest absolute Gasteiger partial charge is 0.317 e. The van der Waals surface area contributed by atoms with Crippen LogP contribution in [0.3, 0.4) is 0 Å². The highest BCUT2D eigenvalue weighted by atomic mass is 16.5. The molecule has 1 aliphatic rings. The fourth-order valence-electron chi connectivity index (χ4n) is 2.21. The Morgan fingerprint density at radius 3 is 3.00 bits per heavy atom. The lowest BCUT2D eigenvalue weighted by Gasteiger charge is -2.16. The van der Waals surface area contributed by atoms with Crippen molar-refractivity contribution in [1.82, 2.24) is 10.2 Å². The van der Waals surface area contributed by atoms with E-state index in [1.165, 1.54) is 10.5 Å². The Morgan fingerprint density at radius 1 is 1.43 bits per heavy atom. The number of amides is 2. The molecule has 0 saturated carbocycles. The van der Waals surface area contributed by atoms with Gasteiger partial charge >= 0.3 is 12.0 Å². The predicted octanol–water partition coefficient (Wildman–Crippen LogP) is 1.28. The van der Waals surface area contributed by atoms with E-state index < -0.39 is 5.97 Å². The fourth-order valence-corrected chi connectivity index (χ4v) is 2.21. The summed E-state index contributed by atoms with van der Waals surface area (Å²) in [5.74, 6) is 0.0474. The Balaban J connectivity index is 1.73. The zero-order valence-corrected chi connectivity index (χ0v) is 12.1. The van der Waals surface area contributed by atoms with E-state index in [2.05, 4.69) is 11.4 Å². The summed E-state index contributed by atoms with van der Waals surface area (Å²) in [5.41, 5.74) is 2.38. The first kappa shape index (κ1) is 15.2. The highest BCUT2D eigenvalue weighted by Gasteiger charge is 2.12. The molecule has 0 aliphatic carbocycles. The van der Waals surface area contributed by atoms with Crippen LogP contribution in [0, 0.1) is 0 Å². The van der Waals surface area contributed by atoms with Crippen molar-refractivity contribution in [2.75, 3.05) is 26.7 Å². The molecule has 2 rings (SSSR count). The van der Waals surface area contributed by atoms with E-state index in [0.717, 1.165) is 30.8 Å². The van der Waals surface area contributed by atoms with Gasteiger partial charge in [-0.25, -0.2) is 4.79 Å². The minimum atomic E-state index is -0.907. The highest BCUT2D eigenvalue weighted by molar-refractivity contribution is 5.75. The lowest BCUT2D eigenvalue weighted by molar-refractivity contribution is -0.137. The van der Waals surface area contributed by atoms with Gasteiger partial charge in [0.1, 0.15) is 5.75 Å². The average Bonchev–Trinajstić information content (AvgIpc) is 2.92. The van der Waals surface area contributed by atoms with Crippen molar-refractivity contribution in [1.29, 1.82) is 0 Å². The van der Waals surface area contributed by atoms with Crippen molar-refractivity contribution in [2.45, 2.75) is 19.3 Å². The number of aliphatic carboxylic acids is 1. The molecule has 1 heterocycles. The first-order chi connectivity index (χ1) is 10.1. The minimum absolute atomic E-state index is 0.0469. The third kappa shape index (κ3) is 4.37. The number of nitrogens with zero attached hydrogens (tertiary/aromatic N) is 1. The number of benzene rings is 1. The molecule has 2 N–H and O–H groups in total. The summed E-state index contributed by atoms with van der Waals surface area (Å²) >= 11 is 0. The van der Waals surface area contributed by atoms with E-state index in [4.69, 9.17) is 9.84 Å². The van der Waals surface area contributed by atoms with Gasteiger partial charge in [0, 0.05) is 26.6 Å². The van der Waals surface area contributed by atoms with Crippen LogP contribution in [0.25, 0.3) is 0 Å². The molecule has 6 nitrogen and oxygen atoms in total. The van der Waals surface area contributed by atoms with Gasteiger partial charge in [-0.05, 0) is 23.6 Å². The second-order valence-corrected chi connectivity index (χ2v) is 5.09. The summed E-state index contributed by atoms with van der Waals surface area (Å²) in [6.07, 6.45) is 1.63. The van der Waals surface area contributed by atoms with E-state index >= 15 is 0 Å². The van der Waals surface area contributed by atoms with Gasteiger partial charge in [0.15, 0.2) is 0 Å². The molecule has 6 heteroatoms. The van der Waals surface area contributed by atoms with Crippen LogP contribution in [-0.2, 0) is 17.6 Å². The van der Waals surface area contributed by atoms with Gasteiger partial charge in [-0.3, -0.25) is 4.79 Å². The van der Waals surface area contributed by atoms with Crippen molar-refractivity contribution in [3.8, 4) is 5.75 Å². The number of carboxylic acids is 1. The zero-order valence-electron chi connectivity index (χ0n) is 12.1. The molecule has 0 aromatic heterocycles. The van der Waals surface area contributed by atoms with Gasteiger partial charge in [-0.15, -0.1) is 0 Å². The Labute approximate surface area is 123 Å². The van der Waals surface area contributed by atoms with Gasteiger partial charge in [0.25, 0.3) is 0 Å². The maximum atomic E-state index is 11.7. The van der Waals surface area contributed by atoms with Gasteiger partial charge in [-0.1, -0.05) is 12.1 Å². The third-order valence-electron chi connectivity index (χ3n) is 3.45. The van der Waals surface area contributed by atoms with Crippen molar-refractivity contribution in [3.05, 3.63) is 29.3 Å². The van der Waals surface area contributed by atoms with Gasteiger partial charge < -0.3 is 20.1 Å². The molecule has 0 spiro atoms. The Morgan fingerprint density at radius 2 is 2.24 bits per heavy atom. The molecular weight excluding hydrogens is 272 g/mol. The number of ether oxygens (including phenoxy) is 1. The fraction of sp³-hybridized carbons (Fsp3) is 0.467. The van der Waals surface area contributed by atoms with Crippen LogP contribution in [0.1, 0.15) is 17.5 Å². The normalized spacial score (nSPS) is 12.4. The number of hydrogen-bond acceptors (Lipinski definition) is 3. The summed E-state index contributed by atoms with van der Waals surface area (Å²) in [7, 11) is 1.59. The Hall–Kier alpha value is -2.24. The number of urea groups is 1. The van der Waals surface area contributed by atoms with Crippen LogP contribution in [0.5, 0.6) is 5.75 Å². The monoisotopic (exact) mass is 292 g/mol. The molecule has 1 aromatic carbocycles. The Kier molecular flexibility index (Phi) is 5.03. The summed E-state index contributed by atoms with van der Waals surface area (Å²) in [6.45, 7) is 1.47. The predicted molar refractivity (Wildman–Crippen MR) is 77.6 cm³/mol. The largest absolute Gasteiger partial charge is 0.493 e. The molecule has 0 radical (unpaired) electrons. The molecule has 1 aliphatic heterocycles. The third-order valence-corrected chi connectivity index (χ3v) is 3.45. The number of hydrogen-bond donors (Lipinski definition) is 2. The molecule has 0 saturated heterocycles. The van der Waals surface area contributed by atoms with Crippen molar-refractivity contribution in [2.24, 2.45) is 0 Å². The number of nitrogens with one attached hydrogen (secondary N) is 1. The van der Waals surface area contributed by atoms with Gasteiger partial charge in [0.2, 0.25) is 0 Å². The molecule has 21 heavy (non-hydrogen) atoms. The van der Waals surface area contributed by atoms with E-state index in [9.17, 15) is 9.59 Å². The van der Waals surface area contributed by atoms with Crippen LogP contribution in [0.15, 0.2) is 18.2 Å². The zero-order chi connectivity index (χ0) is 15.2. The lowest BCUT2D eigenvalue weighted by Crippen LogP contribution is -2.39. The molecule has 2 amide bonds. The van der Waals surface area contributed by atoms with Crippen LogP contribution < -0.4 is 10.1 Å². The van der Waals surface area contributed by atoms with Crippen LogP contribution >= 0.6 is 0 Å². The lowest BCUT2D eigenvalue weighted by atomic mass is 10.1. The van der Waals surface area contributed by atoms with Crippen LogP contribution in [-0.4, -0.2) is 48.8 Å². The number of carbonyl (C=O) groups is 2. The molecule has 0 unspecified atom stereocenters. The summed E-state index contributed by atoms with van der Waals surface area (Å²) in [4.78, 5) is 23.6. The minimum Gasteiger partial charge on any atom is -0.493 e. The van der Waals surface area contributed by atoms with E-state index in [0.29, 0.717) is 6.54 Å². The van der Waals surface area contributed by atoms with Crippen molar-refractivity contribution >= 4 is 12.0 Å². The average molecular weight is 292 g/mol. The topological polar surface area (TPSA) is 78.9 Å². The SMILES string of the molecule is CN(CCC(=O)O)C(=O)NCCc1ccc2c(c1)CCO2. The number of rotatable bonds is 6. The molecule has 0 fully saturated rings. The van der Waals surface area contributed by atoms with Crippen LogP contribution in [0.2, 0.25) is 0 Å². The molecule has 1 aromatic rings. The quantitative estimate of drug-likeness (QED) is 0.828. The highest BCUT2D eigenvalue weighted by Crippen LogP contribution is 2.25. The summed E-state index contributed by atoms with van der Waals surface area (Å²) < 4.78 is 5.45. The van der Waals surface area contributed by atoms with E-state index in [1.807, 2.05) is 12.1 Å². The standard InChI is InChI=1S/C15H20N2O4/c1-17(8-5-14(18)19)15(20)16-7-4-11-2-3-13-12(10-11)6-9-21-13/h2-3,10H,4-9H2,1H3,(H,16,20)(H,18,19). The molecule has 0 atom stereocenters.